The molecule has 2 heterocycles. The molecule has 0 fully saturated rings. The van der Waals surface area contributed by atoms with E-state index in [-0.39, 0.29) is 17.1 Å². The number of aromatic hydroxyl groups is 1. The molecule has 0 amide bonds. The highest BCUT2D eigenvalue weighted by Gasteiger charge is 2.24. The number of hydrogen-bond donors (Lipinski definition) is 2. The lowest BCUT2D eigenvalue weighted by atomic mass is 9.99. The Kier molecular flexibility index (Phi) is 3.45. The Hall–Kier alpha value is -3.30. The standard InChI is InChI=1S/C18H11ClN4O2/c19-12-6-5-10-7-13-16(21-14(10)8-12)17(24)22-23(18(13)25)15-4-2-1-3-11(15)9-20/h1-6,8,21H,7H2,(H,22,24). The number of nitrogens with one attached hydrogen (secondary N) is 1. The molecule has 25 heavy (non-hydrogen) atoms. The molecule has 0 saturated heterocycles. The molecule has 4 rings (SSSR count). The van der Waals surface area contributed by atoms with Crippen LogP contribution in [0.1, 0.15) is 16.7 Å². The predicted molar refractivity (Wildman–Crippen MR) is 93.8 cm³/mol. The van der Waals surface area contributed by atoms with E-state index >= 15 is 0 Å². The van der Waals surface area contributed by atoms with Crippen molar-refractivity contribution in [2.24, 2.45) is 0 Å². The zero-order valence-electron chi connectivity index (χ0n) is 12.8. The fourth-order valence-electron chi connectivity index (χ4n) is 2.92. The average Bonchev–Trinajstić information content (AvgIpc) is 2.63. The number of aromatic nitrogens is 2. The Morgan fingerprint density at radius 3 is 2.88 bits per heavy atom. The van der Waals surface area contributed by atoms with Crippen molar-refractivity contribution in [3.63, 3.8) is 0 Å². The molecule has 2 aromatic carbocycles. The first-order valence-corrected chi connectivity index (χ1v) is 7.86. The van der Waals surface area contributed by atoms with Crippen molar-refractivity contribution >= 4 is 23.0 Å². The van der Waals surface area contributed by atoms with Crippen LogP contribution in [-0.4, -0.2) is 14.9 Å². The summed E-state index contributed by atoms with van der Waals surface area (Å²) in [6, 6.07) is 14.0. The summed E-state index contributed by atoms with van der Waals surface area (Å²) in [5, 5.41) is 27.1. The summed E-state index contributed by atoms with van der Waals surface area (Å²) in [6.45, 7) is 0. The van der Waals surface area contributed by atoms with Crippen molar-refractivity contribution in [2.75, 3.05) is 5.32 Å². The molecule has 0 saturated carbocycles. The highest BCUT2D eigenvalue weighted by molar-refractivity contribution is 6.30. The first-order chi connectivity index (χ1) is 12.1. The van der Waals surface area contributed by atoms with Crippen molar-refractivity contribution in [2.45, 2.75) is 6.42 Å². The molecular weight excluding hydrogens is 340 g/mol. The molecule has 1 aliphatic heterocycles. The first-order valence-electron chi connectivity index (χ1n) is 7.48. The van der Waals surface area contributed by atoms with Crippen molar-refractivity contribution in [1.82, 2.24) is 9.78 Å². The van der Waals surface area contributed by atoms with E-state index in [1.807, 2.05) is 12.1 Å². The number of nitriles is 1. The minimum atomic E-state index is -0.386. The second-order valence-corrected chi connectivity index (χ2v) is 6.06. The summed E-state index contributed by atoms with van der Waals surface area (Å²) in [6.07, 6.45) is 0.332. The van der Waals surface area contributed by atoms with E-state index in [1.54, 1.807) is 36.4 Å². The van der Waals surface area contributed by atoms with Gasteiger partial charge < -0.3 is 10.4 Å². The summed E-state index contributed by atoms with van der Waals surface area (Å²) < 4.78 is 1.06. The quantitative estimate of drug-likeness (QED) is 0.550. The van der Waals surface area contributed by atoms with Crippen molar-refractivity contribution in [3.05, 3.63) is 74.5 Å². The van der Waals surface area contributed by atoms with Gasteiger partial charge in [-0.05, 0) is 29.8 Å². The van der Waals surface area contributed by atoms with Crippen LogP contribution in [0.2, 0.25) is 5.02 Å². The fourth-order valence-corrected chi connectivity index (χ4v) is 3.09. The number of hydrogen-bond acceptors (Lipinski definition) is 5. The van der Waals surface area contributed by atoms with E-state index in [2.05, 4.69) is 10.4 Å². The molecule has 0 atom stereocenters. The van der Waals surface area contributed by atoms with Gasteiger partial charge in [-0.25, -0.2) is 0 Å². The summed E-state index contributed by atoms with van der Waals surface area (Å²) in [7, 11) is 0. The number of para-hydroxylation sites is 1. The summed E-state index contributed by atoms with van der Waals surface area (Å²) >= 11 is 6.00. The van der Waals surface area contributed by atoms with Gasteiger partial charge in [-0.1, -0.05) is 29.8 Å². The highest BCUT2D eigenvalue weighted by atomic mass is 35.5. The SMILES string of the molecule is N#Cc1ccccc1-n1nc(O)c2c(c1=O)Cc1ccc(Cl)cc1N2. The van der Waals surface area contributed by atoms with Crippen LogP contribution in [0, 0.1) is 11.3 Å². The molecule has 1 aliphatic rings. The lowest BCUT2D eigenvalue weighted by molar-refractivity contribution is 0.437. The Morgan fingerprint density at radius 1 is 1.28 bits per heavy atom. The molecule has 1 aromatic heterocycles. The number of fused-ring (bicyclic) bond motifs is 2. The fraction of sp³-hybridized carbons (Fsp3) is 0.0556. The van der Waals surface area contributed by atoms with E-state index in [4.69, 9.17) is 11.6 Å². The third-order valence-electron chi connectivity index (χ3n) is 4.12. The molecule has 6 nitrogen and oxygen atoms in total. The van der Waals surface area contributed by atoms with Crippen LogP contribution in [-0.2, 0) is 6.42 Å². The first kappa shape index (κ1) is 15.2. The van der Waals surface area contributed by atoms with Gasteiger partial charge in [-0.2, -0.15) is 9.94 Å². The van der Waals surface area contributed by atoms with Crippen LogP contribution >= 0.6 is 11.6 Å². The van der Waals surface area contributed by atoms with Crippen LogP contribution in [0.15, 0.2) is 47.3 Å². The minimum absolute atomic E-state index is 0.269. The van der Waals surface area contributed by atoms with Crippen molar-refractivity contribution in [3.8, 4) is 17.6 Å². The molecule has 2 N–H and O–H groups in total. The maximum absolute atomic E-state index is 12.9. The van der Waals surface area contributed by atoms with Gasteiger partial charge in [-0.15, -0.1) is 5.10 Å². The van der Waals surface area contributed by atoms with E-state index in [0.717, 1.165) is 15.9 Å². The van der Waals surface area contributed by atoms with Crippen molar-refractivity contribution < 1.29 is 5.11 Å². The van der Waals surface area contributed by atoms with Crippen LogP contribution in [0.4, 0.5) is 11.4 Å². The average molecular weight is 351 g/mol. The minimum Gasteiger partial charge on any atom is -0.491 e. The van der Waals surface area contributed by atoms with Crippen LogP contribution in [0.5, 0.6) is 5.88 Å². The molecule has 0 radical (unpaired) electrons. The zero-order chi connectivity index (χ0) is 17.6. The number of anilines is 2. The lowest BCUT2D eigenvalue weighted by Crippen LogP contribution is -2.28. The number of halogens is 1. The number of rotatable bonds is 1. The third kappa shape index (κ3) is 2.42. The topological polar surface area (TPSA) is 90.9 Å². The molecule has 0 unspecified atom stereocenters. The Morgan fingerprint density at radius 2 is 2.08 bits per heavy atom. The molecule has 0 aliphatic carbocycles. The second kappa shape index (κ2) is 5.65. The summed E-state index contributed by atoms with van der Waals surface area (Å²) in [5.74, 6) is -0.312. The zero-order valence-corrected chi connectivity index (χ0v) is 13.6. The molecule has 0 spiro atoms. The number of benzene rings is 2. The van der Waals surface area contributed by atoms with Gasteiger partial charge in [0.05, 0.1) is 16.8 Å². The molecular formula is C18H11ClN4O2. The van der Waals surface area contributed by atoms with Gasteiger partial charge >= 0.3 is 0 Å². The molecule has 7 heteroatoms. The number of nitrogens with zero attached hydrogens (tertiary/aromatic N) is 3. The van der Waals surface area contributed by atoms with Gasteiger partial charge in [0.2, 0.25) is 0 Å². The molecule has 0 bridgehead atoms. The monoisotopic (exact) mass is 350 g/mol. The summed E-state index contributed by atoms with van der Waals surface area (Å²) in [4.78, 5) is 12.9. The van der Waals surface area contributed by atoms with Crippen LogP contribution in [0.25, 0.3) is 5.69 Å². The van der Waals surface area contributed by atoms with E-state index in [1.165, 1.54) is 0 Å². The largest absolute Gasteiger partial charge is 0.491 e. The van der Waals surface area contributed by atoms with E-state index in [9.17, 15) is 15.2 Å². The predicted octanol–water partition coefficient (Wildman–Crippen LogP) is 3.11. The third-order valence-corrected chi connectivity index (χ3v) is 4.36. The highest BCUT2D eigenvalue weighted by Crippen LogP contribution is 2.36. The second-order valence-electron chi connectivity index (χ2n) is 5.63. The van der Waals surface area contributed by atoms with Gasteiger partial charge in [0.1, 0.15) is 11.8 Å². The molecule has 3 aromatic rings. The molecule has 122 valence electrons. The smallest absolute Gasteiger partial charge is 0.277 e. The van der Waals surface area contributed by atoms with Gasteiger partial charge in [0.15, 0.2) is 0 Å². The van der Waals surface area contributed by atoms with Crippen LogP contribution in [0.3, 0.4) is 0 Å². The Labute approximate surface area is 147 Å². The maximum Gasteiger partial charge on any atom is 0.277 e. The van der Waals surface area contributed by atoms with Crippen LogP contribution < -0.4 is 10.9 Å². The lowest BCUT2D eigenvalue weighted by Gasteiger charge is -2.22. The van der Waals surface area contributed by atoms with Crippen molar-refractivity contribution in [1.29, 1.82) is 5.26 Å². The van der Waals surface area contributed by atoms with E-state index in [0.29, 0.717) is 28.3 Å². The maximum atomic E-state index is 12.9. The van der Waals surface area contributed by atoms with Gasteiger partial charge in [0, 0.05) is 17.1 Å². The van der Waals surface area contributed by atoms with Gasteiger partial charge in [-0.3, -0.25) is 4.79 Å². The van der Waals surface area contributed by atoms with E-state index < -0.39 is 0 Å². The Bertz CT molecular complexity index is 1120. The van der Waals surface area contributed by atoms with Gasteiger partial charge in [0.25, 0.3) is 11.4 Å². The summed E-state index contributed by atoms with van der Waals surface area (Å²) in [5.41, 5.74) is 2.51. The Balaban J connectivity index is 1.93. The normalized spacial score (nSPS) is 11.8.